The van der Waals surface area contributed by atoms with Crippen LogP contribution in [0.1, 0.15) is 25.7 Å². The molecule has 0 bridgehead atoms. The average Bonchev–Trinajstić information content (AvgIpc) is 2.20. The van der Waals surface area contributed by atoms with Gasteiger partial charge >= 0.3 is 6.03 Å². The summed E-state index contributed by atoms with van der Waals surface area (Å²) in [6.45, 7) is 1.17. The van der Waals surface area contributed by atoms with Crippen molar-refractivity contribution in [1.82, 2.24) is 15.1 Å². The Bertz CT molecular complexity index is 220. The van der Waals surface area contributed by atoms with Crippen molar-refractivity contribution in [2.24, 2.45) is 5.92 Å². The standard InChI is InChI=1S/C12H25N3O/c1-14(2)9-10-5-7-11(8-6-10)13-12(16)15(3)4/h10-11H,5-9H2,1-4H3,(H,13,16). The second-order valence-corrected chi connectivity index (χ2v) is 5.32. The Morgan fingerprint density at radius 1 is 1.12 bits per heavy atom. The van der Waals surface area contributed by atoms with Crippen molar-refractivity contribution in [1.29, 1.82) is 0 Å². The Kier molecular flexibility index (Phi) is 5.06. The van der Waals surface area contributed by atoms with E-state index in [1.807, 2.05) is 0 Å². The van der Waals surface area contributed by atoms with Crippen LogP contribution in [0.3, 0.4) is 0 Å². The van der Waals surface area contributed by atoms with Crippen molar-refractivity contribution in [3.05, 3.63) is 0 Å². The first kappa shape index (κ1) is 13.3. The monoisotopic (exact) mass is 227 g/mol. The first-order valence-corrected chi connectivity index (χ1v) is 6.11. The Morgan fingerprint density at radius 2 is 1.69 bits per heavy atom. The maximum atomic E-state index is 11.5. The van der Waals surface area contributed by atoms with Crippen molar-refractivity contribution in [3.8, 4) is 0 Å². The molecule has 0 saturated heterocycles. The Balaban J connectivity index is 2.24. The van der Waals surface area contributed by atoms with Crippen LogP contribution >= 0.6 is 0 Å². The van der Waals surface area contributed by atoms with Gasteiger partial charge in [-0.2, -0.15) is 0 Å². The van der Waals surface area contributed by atoms with Crippen LogP contribution in [-0.4, -0.2) is 56.6 Å². The Hall–Kier alpha value is -0.770. The van der Waals surface area contributed by atoms with Gasteiger partial charge in [0.1, 0.15) is 0 Å². The number of amides is 2. The summed E-state index contributed by atoms with van der Waals surface area (Å²) in [6, 6.07) is 0.421. The van der Waals surface area contributed by atoms with Gasteiger partial charge in [0.2, 0.25) is 0 Å². The first-order valence-electron chi connectivity index (χ1n) is 6.11. The molecule has 0 aromatic heterocycles. The van der Waals surface area contributed by atoms with E-state index in [0.29, 0.717) is 6.04 Å². The highest BCUT2D eigenvalue weighted by Gasteiger charge is 2.22. The third-order valence-corrected chi connectivity index (χ3v) is 3.20. The number of urea groups is 1. The quantitative estimate of drug-likeness (QED) is 0.790. The number of carbonyl (C=O) groups is 1. The van der Waals surface area contributed by atoms with Gasteiger partial charge in [-0.25, -0.2) is 4.79 Å². The minimum absolute atomic E-state index is 0.0380. The lowest BCUT2D eigenvalue weighted by Gasteiger charge is -2.31. The third-order valence-electron chi connectivity index (χ3n) is 3.20. The van der Waals surface area contributed by atoms with E-state index in [9.17, 15) is 4.79 Å². The molecule has 0 unspecified atom stereocenters. The Morgan fingerprint density at radius 3 is 2.12 bits per heavy atom. The number of carbonyl (C=O) groups excluding carboxylic acids is 1. The second kappa shape index (κ2) is 6.09. The third kappa shape index (κ3) is 4.39. The van der Waals surface area contributed by atoms with Crippen LogP contribution in [0.5, 0.6) is 0 Å². The van der Waals surface area contributed by atoms with Gasteiger partial charge in [-0.1, -0.05) is 0 Å². The van der Waals surface area contributed by atoms with E-state index in [0.717, 1.165) is 18.8 Å². The van der Waals surface area contributed by atoms with Crippen LogP contribution in [-0.2, 0) is 0 Å². The first-order chi connectivity index (χ1) is 7.49. The maximum Gasteiger partial charge on any atom is 0.317 e. The molecule has 4 heteroatoms. The number of hydrogen-bond donors (Lipinski definition) is 1. The summed E-state index contributed by atoms with van der Waals surface area (Å²) in [5, 5.41) is 3.07. The maximum absolute atomic E-state index is 11.5. The van der Waals surface area contributed by atoms with Gasteiger partial charge in [0.15, 0.2) is 0 Å². The van der Waals surface area contributed by atoms with Crippen molar-refractivity contribution >= 4 is 6.03 Å². The fraction of sp³-hybridized carbons (Fsp3) is 0.917. The molecule has 0 spiro atoms. The van der Waals surface area contributed by atoms with E-state index in [-0.39, 0.29) is 6.03 Å². The average molecular weight is 227 g/mol. The molecule has 16 heavy (non-hydrogen) atoms. The molecular formula is C12H25N3O. The molecule has 94 valence electrons. The molecule has 1 rings (SSSR count). The molecule has 1 aliphatic rings. The SMILES string of the molecule is CN(C)CC1CCC(NC(=O)N(C)C)CC1. The summed E-state index contributed by atoms with van der Waals surface area (Å²) in [6.07, 6.45) is 4.71. The van der Waals surface area contributed by atoms with Gasteiger partial charge in [-0.05, 0) is 45.7 Å². The predicted octanol–water partition coefficient (Wildman–Crippen LogP) is 1.38. The molecule has 1 fully saturated rings. The van der Waals surface area contributed by atoms with Gasteiger partial charge in [0.05, 0.1) is 0 Å². The fourth-order valence-corrected chi connectivity index (χ4v) is 2.31. The molecule has 0 heterocycles. The molecule has 0 aromatic rings. The fourth-order valence-electron chi connectivity index (χ4n) is 2.31. The molecular weight excluding hydrogens is 202 g/mol. The minimum atomic E-state index is 0.0380. The van der Waals surface area contributed by atoms with Crippen molar-refractivity contribution in [3.63, 3.8) is 0 Å². The van der Waals surface area contributed by atoms with Gasteiger partial charge in [-0.15, -0.1) is 0 Å². The topological polar surface area (TPSA) is 35.6 Å². The van der Waals surface area contributed by atoms with Gasteiger partial charge < -0.3 is 15.1 Å². The van der Waals surface area contributed by atoms with Gasteiger partial charge in [-0.3, -0.25) is 0 Å². The highest BCUT2D eigenvalue weighted by atomic mass is 16.2. The molecule has 1 saturated carbocycles. The smallest absolute Gasteiger partial charge is 0.317 e. The lowest BCUT2D eigenvalue weighted by atomic mass is 9.86. The zero-order valence-corrected chi connectivity index (χ0v) is 11.0. The van der Waals surface area contributed by atoms with E-state index in [4.69, 9.17) is 0 Å². The van der Waals surface area contributed by atoms with Crippen LogP contribution < -0.4 is 5.32 Å². The predicted molar refractivity (Wildman–Crippen MR) is 66.5 cm³/mol. The number of nitrogens with one attached hydrogen (secondary N) is 1. The van der Waals surface area contributed by atoms with Gasteiger partial charge in [0.25, 0.3) is 0 Å². The lowest BCUT2D eigenvalue weighted by molar-refractivity contribution is 0.198. The van der Waals surface area contributed by atoms with Gasteiger partial charge in [0, 0.05) is 26.7 Å². The Labute approximate surface area is 99.0 Å². The molecule has 2 amide bonds. The highest BCUT2D eigenvalue weighted by molar-refractivity contribution is 5.73. The summed E-state index contributed by atoms with van der Waals surface area (Å²) in [5.74, 6) is 0.808. The van der Waals surface area contributed by atoms with E-state index in [2.05, 4.69) is 24.3 Å². The van der Waals surface area contributed by atoms with E-state index >= 15 is 0 Å². The summed E-state index contributed by atoms with van der Waals surface area (Å²) < 4.78 is 0. The molecule has 1 aliphatic carbocycles. The zero-order valence-electron chi connectivity index (χ0n) is 11.0. The summed E-state index contributed by atoms with van der Waals surface area (Å²) >= 11 is 0. The minimum Gasteiger partial charge on any atom is -0.335 e. The van der Waals surface area contributed by atoms with Crippen LogP contribution in [0.2, 0.25) is 0 Å². The molecule has 4 nitrogen and oxygen atoms in total. The van der Waals surface area contributed by atoms with Crippen molar-refractivity contribution in [2.75, 3.05) is 34.7 Å². The number of nitrogens with zero attached hydrogens (tertiary/aromatic N) is 2. The summed E-state index contributed by atoms with van der Waals surface area (Å²) in [5.41, 5.74) is 0. The summed E-state index contributed by atoms with van der Waals surface area (Å²) in [7, 11) is 7.82. The lowest BCUT2D eigenvalue weighted by Crippen LogP contribution is -2.43. The molecule has 0 atom stereocenters. The van der Waals surface area contributed by atoms with Crippen molar-refractivity contribution < 1.29 is 4.79 Å². The largest absolute Gasteiger partial charge is 0.335 e. The molecule has 1 N–H and O–H groups in total. The van der Waals surface area contributed by atoms with E-state index in [1.54, 1.807) is 19.0 Å². The van der Waals surface area contributed by atoms with Crippen LogP contribution in [0.15, 0.2) is 0 Å². The molecule has 0 aliphatic heterocycles. The van der Waals surface area contributed by atoms with E-state index in [1.165, 1.54) is 19.4 Å². The highest BCUT2D eigenvalue weighted by Crippen LogP contribution is 2.24. The van der Waals surface area contributed by atoms with E-state index < -0.39 is 0 Å². The summed E-state index contributed by atoms with van der Waals surface area (Å²) in [4.78, 5) is 15.3. The number of hydrogen-bond acceptors (Lipinski definition) is 2. The van der Waals surface area contributed by atoms with Crippen LogP contribution in [0.4, 0.5) is 4.79 Å². The number of rotatable bonds is 3. The normalized spacial score (nSPS) is 25.6. The molecule has 0 radical (unpaired) electrons. The molecule has 0 aromatic carbocycles. The zero-order chi connectivity index (χ0) is 12.1. The van der Waals surface area contributed by atoms with Crippen molar-refractivity contribution in [2.45, 2.75) is 31.7 Å². The van der Waals surface area contributed by atoms with Crippen LogP contribution in [0, 0.1) is 5.92 Å². The van der Waals surface area contributed by atoms with Crippen LogP contribution in [0.25, 0.3) is 0 Å². The second-order valence-electron chi connectivity index (χ2n) is 5.32.